The van der Waals surface area contributed by atoms with Crippen LogP contribution in [0.3, 0.4) is 0 Å². The van der Waals surface area contributed by atoms with Crippen LogP contribution in [0.4, 0.5) is 13.2 Å². The zero-order chi connectivity index (χ0) is 35.0. The van der Waals surface area contributed by atoms with E-state index in [1.807, 2.05) is 63.2 Å². The maximum absolute atomic E-state index is 14.8. The molecule has 1 saturated carbocycles. The number of likely N-dealkylation sites (tertiary alicyclic amines) is 1. The van der Waals surface area contributed by atoms with E-state index >= 15 is 0 Å². The average molecular weight is 687 g/mol. The van der Waals surface area contributed by atoms with Gasteiger partial charge in [0, 0.05) is 48.3 Å². The van der Waals surface area contributed by atoms with Gasteiger partial charge in [0.15, 0.2) is 0 Å². The molecule has 1 N–H and O–H groups in total. The monoisotopic (exact) mass is 686 g/mol. The Morgan fingerprint density at radius 2 is 1.72 bits per heavy atom. The van der Waals surface area contributed by atoms with Crippen LogP contribution in [0.5, 0.6) is 5.75 Å². The zero-order valence-electron chi connectivity index (χ0n) is 29.0. The first-order chi connectivity index (χ1) is 24.0. The predicted molar refractivity (Wildman–Crippen MR) is 188 cm³/mol. The highest BCUT2D eigenvalue weighted by Crippen LogP contribution is 2.46. The van der Waals surface area contributed by atoms with Gasteiger partial charge in [-0.05, 0) is 88.9 Å². The Hall–Kier alpha value is -3.99. The van der Waals surface area contributed by atoms with E-state index in [0.717, 1.165) is 88.3 Å². The lowest BCUT2D eigenvalue weighted by Gasteiger charge is -2.40. The highest BCUT2D eigenvalue weighted by molar-refractivity contribution is 6.10. The maximum Gasteiger partial charge on any atom is 0.416 e. The Balaban J connectivity index is 1.36. The molecule has 0 spiro atoms. The molecule has 2 saturated heterocycles. The first-order valence-corrected chi connectivity index (χ1v) is 17.7. The summed E-state index contributed by atoms with van der Waals surface area (Å²) in [6.07, 6.45) is -1.08. The fourth-order valence-corrected chi connectivity index (χ4v) is 7.57. The molecule has 3 aromatic carbocycles. The summed E-state index contributed by atoms with van der Waals surface area (Å²) in [7, 11) is 0. The molecule has 50 heavy (non-hydrogen) atoms. The van der Waals surface area contributed by atoms with Crippen LogP contribution in [-0.4, -0.2) is 72.2 Å². The molecular weight excluding hydrogens is 641 g/mol. The van der Waals surface area contributed by atoms with Crippen molar-refractivity contribution >= 4 is 16.8 Å². The number of benzene rings is 3. The lowest BCUT2D eigenvalue weighted by Crippen LogP contribution is -2.48. The highest BCUT2D eigenvalue weighted by Gasteiger charge is 2.46. The van der Waals surface area contributed by atoms with E-state index in [2.05, 4.69) is 15.1 Å². The third-order valence-corrected chi connectivity index (χ3v) is 10.4. The summed E-state index contributed by atoms with van der Waals surface area (Å²) >= 11 is 0. The van der Waals surface area contributed by atoms with Gasteiger partial charge in [-0.25, -0.2) is 4.98 Å². The van der Waals surface area contributed by atoms with E-state index < -0.39 is 17.3 Å². The van der Waals surface area contributed by atoms with Gasteiger partial charge in [-0.1, -0.05) is 42.5 Å². The fraction of sp³-hybridized carbons (Fsp3) is 0.450. The topological polar surface area (TPSA) is 66.9 Å². The molecule has 3 heterocycles. The summed E-state index contributed by atoms with van der Waals surface area (Å²) in [5.41, 5.74) is 2.96. The number of carbonyl (C=O) groups excluding carboxylic acids is 1. The molecule has 10 heteroatoms. The average Bonchev–Trinajstić information content (AvgIpc) is 3.89. The number of carbonyl (C=O) groups is 1. The standard InChI is InChI=1S/C40H45F3N4O3/c1-26(2)50-35-24-34-32(22-27(35)3)36(38(48)45-39(14-15-39)29-9-5-4-6-10-29)33(37(44-34)28-8-7-11-30(23-28)40(41,42)43)25-46-16-12-31(13-17-46)47-18-20-49-21-19-47/h4-11,22-24,26,31H,12-21,25H2,1-3H3,(H,45,48). The number of morpholine rings is 1. The van der Waals surface area contributed by atoms with Crippen molar-refractivity contribution in [2.45, 2.75) is 76.9 Å². The number of amides is 1. The molecule has 7 rings (SSSR count). The third-order valence-electron chi connectivity index (χ3n) is 10.4. The Labute approximate surface area is 291 Å². The van der Waals surface area contributed by atoms with E-state index in [0.29, 0.717) is 51.6 Å². The fourth-order valence-electron chi connectivity index (χ4n) is 7.57. The molecule has 0 radical (unpaired) electrons. The minimum Gasteiger partial charge on any atom is -0.491 e. The SMILES string of the molecule is Cc1cc2c(C(=O)NC3(c4ccccc4)CC3)c(CN3CCC(N4CCOCC4)CC3)c(-c3cccc(C(F)(F)F)c3)nc2cc1OC(C)C. The summed E-state index contributed by atoms with van der Waals surface area (Å²) in [6.45, 7) is 11.2. The molecule has 1 aliphatic carbocycles. The number of aryl methyl sites for hydroxylation is 1. The molecule has 3 fully saturated rings. The largest absolute Gasteiger partial charge is 0.491 e. The van der Waals surface area contributed by atoms with Crippen molar-refractivity contribution in [2.24, 2.45) is 0 Å². The number of rotatable bonds is 9. The lowest BCUT2D eigenvalue weighted by atomic mass is 9.92. The number of hydrogen-bond acceptors (Lipinski definition) is 6. The molecule has 2 aliphatic heterocycles. The Bertz CT molecular complexity index is 1840. The highest BCUT2D eigenvalue weighted by atomic mass is 19.4. The number of hydrogen-bond donors (Lipinski definition) is 1. The molecule has 7 nitrogen and oxygen atoms in total. The summed E-state index contributed by atoms with van der Waals surface area (Å²) in [4.78, 5) is 24.7. The summed E-state index contributed by atoms with van der Waals surface area (Å²) in [5, 5.41) is 4.05. The quantitative estimate of drug-likeness (QED) is 0.195. The van der Waals surface area contributed by atoms with Gasteiger partial charge in [-0.15, -0.1) is 0 Å². The summed E-state index contributed by atoms with van der Waals surface area (Å²) in [6, 6.07) is 19.5. The van der Waals surface area contributed by atoms with Gasteiger partial charge in [0.25, 0.3) is 5.91 Å². The Kier molecular flexibility index (Phi) is 9.62. The number of alkyl halides is 3. The number of pyridine rings is 1. The van der Waals surface area contributed by atoms with Crippen molar-refractivity contribution in [3.05, 3.63) is 94.5 Å². The van der Waals surface area contributed by atoms with Crippen LogP contribution < -0.4 is 10.1 Å². The van der Waals surface area contributed by atoms with Gasteiger partial charge in [0.05, 0.1) is 47.2 Å². The number of halogens is 3. The van der Waals surface area contributed by atoms with E-state index in [9.17, 15) is 18.0 Å². The predicted octanol–water partition coefficient (Wildman–Crippen LogP) is 7.73. The molecule has 0 atom stereocenters. The van der Waals surface area contributed by atoms with E-state index in [1.165, 1.54) is 6.07 Å². The van der Waals surface area contributed by atoms with Crippen molar-refractivity contribution in [2.75, 3.05) is 39.4 Å². The van der Waals surface area contributed by atoms with Gasteiger partial charge in [-0.3, -0.25) is 14.6 Å². The smallest absolute Gasteiger partial charge is 0.416 e. The normalized spacial score (nSPS) is 18.8. The molecule has 1 aromatic heterocycles. The molecule has 0 unspecified atom stereocenters. The Morgan fingerprint density at radius 1 is 1.00 bits per heavy atom. The van der Waals surface area contributed by atoms with Crippen molar-refractivity contribution in [3.63, 3.8) is 0 Å². The molecule has 264 valence electrons. The number of ether oxygens (including phenoxy) is 2. The molecule has 0 bridgehead atoms. The second-order valence-corrected chi connectivity index (χ2v) is 14.3. The van der Waals surface area contributed by atoms with Crippen LogP contribution >= 0.6 is 0 Å². The van der Waals surface area contributed by atoms with Gasteiger partial charge in [0.1, 0.15) is 5.75 Å². The molecule has 3 aliphatic rings. The first-order valence-electron chi connectivity index (χ1n) is 17.7. The van der Waals surface area contributed by atoms with E-state index in [-0.39, 0.29) is 12.0 Å². The first kappa shape index (κ1) is 34.5. The van der Waals surface area contributed by atoms with Crippen molar-refractivity contribution in [1.82, 2.24) is 20.1 Å². The Morgan fingerprint density at radius 3 is 2.38 bits per heavy atom. The third kappa shape index (κ3) is 7.24. The summed E-state index contributed by atoms with van der Waals surface area (Å²) < 4.78 is 53.9. The van der Waals surface area contributed by atoms with Gasteiger partial charge >= 0.3 is 6.18 Å². The molecule has 4 aromatic rings. The van der Waals surface area contributed by atoms with Crippen LogP contribution in [0.2, 0.25) is 0 Å². The number of aromatic nitrogens is 1. The second kappa shape index (κ2) is 14.0. The van der Waals surface area contributed by atoms with Crippen LogP contribution in [0, 0.1) is 6.92 Å². The minimum absolute atomic E-state index is 0.0999. The second-order valence-electron chi connectivity index (χ2n) is 14.3. The van der Waals surface area contributed by atoms with Crippen molar-refractivity contribution < 1.29 is 27.4 Å². The van der Waals surface area contributed by atoms with Gasteiger partial charge < -0.3 is 14.8 Å². The molecule has 1 amide bonds. The van der Waals surface area contributed by atoms with E-state index in [1.54, 1.807) is 6.07 Å². The van der Waals surface area contributed by atoms with E-state index in [4.69, 9.17) is 14.5 Å². The van der Waals surface area contributed by atoms with Crippen molar-refractivity contribution in [3.8, 4) is 17.0 Å². The zero-order valence-corrected chi connectivity index (χ0v) is 29.0. The van der Waals surface area contributed by atoms with Crippen LogP contribution in [0.15, 0.2) is 66.7 Å². The number of nitrogens with zero attached hydrogens (tertiary/aromatic N) is 3. The van der Waals surface area contributed by atoms with Crippen LogP contribution in [-0.2, 0) is 23.0 Å². The number of piperidine rings is 1. The summed E-state index contributed by atoms with van der Waals surface area (Å²) in [5.74, 6) is 0.379. The minimum atomic E-state index is -4.53. The molecular formula is C40H45F3N4O3. The number of fused-ring (bicyclic) bond motifs is 1. The van der Waals surface area contributed by atoms with Crippen LogP contribution in [0.25, 0.3) is 22.2 Å². The van der Waals surface area contributed by atoms with Gasteiger partial charge in [-0.2, -0.15) is 13.2 Å². The lowest BCUT2D eigenvalue weighted by molar-refractivity contribution is -0.137. The van der Waals surface area contributed by atoms with Crippen molar-refractivity contribution in [1.29, 1.82) is 0 Å². The number of nitrogens with one attached hydrogen (secondary N) is 1. The maximum atomic E-state index is 14.8. The van der Waals surface area contributed by atoms with Crippen LogP contribution in [0.1, 0.15) is 72.1 Å². The van der Waals surface area contributed by atoms with Gasteiger partial charge in [0.2, 0.25) is 0 Å².